The van der Waals surface area contributed by atoms with Gasteiger partial charge in [0.25, 0.3) is 0 Å². The minimum Gasteiger partial charge on any atom is -0.478 e. The van der Waals surface area contributed by atoms with Crippen LogP contribution in [-0.2, 0) is 11.2 Å². The molecule has 2 N–H and O–H groups in total. The van der Waals surface area contributed by atoms with Gasteiger partial charge in [-0.25, -0.2) is 0 Å². The van der Waals surface area contributed by atoms with Crippen LogP contribution in [0.5, 0.6) is 0 Å². The first kappa shape index (κ1) is 10.7. The van der Waals surface area contributed by atoms with Gasteiger partial charge in [0.2, 0.25) is 0 Å². The number of nitrogens with one attached hydrogen (secondary N) is 2. The van der Waals surface area contributed by atoms with Crippen molar-refractivity contribution in [2.45, 2.75) is 26.4 Å². The van der Waals surface area contributed by atoms with E-state index in [0.717, 1.165) is 11.2 Å². The average Bonchev–Trinajstić information content (AvgIpc) is 2.57. The van der Waals surface area contributed by atoms with Crippen molar-refractivity contribution in [3.63, 3.8) is 0 Å². The molecule has 0 saturated heterocycles. The SMILES string of the molecule is CC(C)OC(=N)Cc1cc2ccccc2[nH]1. The summed E-state index contributed by atoms with van der Waals surface area (Å²) in [6, 6.07) is 10.2. The van der Waals surface area contributed by atoms with Gasteiger partial charge < -0.3 is 9.72 Å². The highest BCUT2D eigenvalue weighted by Crippen LogP contribution is 2.15. The molecule has 0 amide bonds. The van der Waals surface area contributed by atoms with Crippen molar-refractivity contribution in [3.8, 4) is 0 Å². The zero-order valence-electron chi connectivity index (χ0n) is 9.58. The number of hydrogen-bond acceptors (Lipinski definition) is 2. The fourth-order valence-corrected chi connectivity index (χ4v) is 1.73. The van der Waals surface area contributed by atoms with E-state index >= 15 is 0 Å². The van der Waals surface area contributed by atoms with Crippen LogP contribution in [0.15, 0.2) is 30.3 Å². The first-order valence-corrected chi connectivity index (χ1v) is 5.46. The third-order valence-electron chi connectivity index (χ3n) is 2.31. The summed E-state index contributed by atoms with van der Waals surface area (Å²) in [5.41, 5.74) is 2.13. The van der Waals surface area contributed by atoms with E-state index in [2.05, 4.69) is 17.1 Å². The van der Waals surface area contributed by atoms with Crippen molar-refractivity contribution in [2.75, 3.05) is 0 Å². The molecule has 0 aliphatic heterocycles. The molecule has 0 unspecified atom stereocenters. The molecule has 2 rings (SSSR count). The monoisotopic (exact) mass is 216 g/mol. The fourth-order valence-electron chi connectivity index (χ4n) is 1.73. The normalized spacial score (nSPS) is 10.9. The molecule has 0 aliphatic carbocycles. The number of aromatic nitrogens is 1. The Morgan fingerprint density at radius 2 is 2.12 bits per heavy atom. The van der Waals surface area contributed by atoms with Crippen molar-refractivity contribution in [3.05, 3.63) is 36.0 Å². The zero-order valence-corrected chi connectivity index (χ0v) is 9.58. The molecule has 0 radical (unpaired) electrons. The van der Waals surface area contributed by atoms with Crippen LogP contribution in [0.25, 0.3) is 10.9 Å². The number of fused-ring (bicyclic) bond motifs is 1. The molecule has 84 valence electrons. The Morgan fingerprint density at radius 1 is 1.38 bits per heavy atom. The first-order valence-electron chi connectivity index (χ1n) is 5.46. The lowest BCUT2D eigenvalue weighted by Crippen LogP contribution is -2.12. The van der Waals surface area contributed by atoms with Gasteiger partial charge in [-0.2, -0.15) is 0 Å². The molecular weight excluding hydrogens is 200 g/mol. The van der Waals surface area contributed by atoms with Crippen molar-refractivity contribution in [1.29, 1.82) is 5.41 Å². The average molecular weight is 216 g/mol. The Balaban J connectivity index is 2.12. The van der Waals surface area contributed by atoms with Crippen LogP contribution in [0.3, 0.4) is 0 Å². The molecule has 0 saturated carbocycles. The number of rotatable bonds is 3. The van der Waals surface area contributed by atoms with E-state index < -0.39 is 0 Å². The third-order valence-corrected chi connectivity index (χ3v) is 2.31. The summed E-state index contributed by atoms with van der Waals surface area (Å²) in [6.45, 7) is 3.86. The van der Waals surface area contributed by atoms with E-state index in [4.69, 9.17) is 10.1 Å². The summed E-state index contributed by atoms with van der Waals surface area (Å²) in [7, 11) is 0. The summed E-state index contributed by atoms with van der Waals surface area (Å²) in [4.78, 5) is 3.28. The second kappa shape index (κ2) is 4.39. The van der Waals surface area contributed by atoms with E-state index in [9.17, 15) is 0 Å². The third kappa shape index (κ3) is 2.42. The summed E-state index contributed by atoms with van der Waals surface area (Å²) in [5, 5.41) is 8.86. The molecular formula is C13H16N2O. The van der Waals surface area contributed by atoms with Crippen LogP contribution >= 0.6 is 0 Å². The number of para-hydroxylation sites is 1. The van der Waals surface area contributed by atoms with Gasteiger partial charge in [0.15, 0.2) is 5.90 Å². The second-order valence-electron chi connectivity index (χ2n) is 4.15. The van der Waals surface area contributed by atoms with Gasteiger partial charge in [0.1, 0.15) is 0 Å². The van der Waals surface area contributed by atoms with E-state index in [-0.39, 0.29) is 6.10 Å². The Hall–Kier alpha value is -1.77. The van der Waals surface area contributed by atoms with Crippen LogP contribution in [0.2, 0.25) is 0 Å². The molecule has 0 fully saturated rings. The molecule has 0 bridgehead atoms. The van der Waals surface area contributed by atoms with Gasteiger partial charge in [0.05, 0.1) is 12.5 Å². The molecule has 16 heavy (non-hydrogen) atoms. The minimum absolute atomic E-state index is 0.0666. The fraction of sp³-hybridized carbons (Fsp3) is 0.308. The minimum atomic E-state index is 0.0666. The molecule has 0 aliphatic rings. The lowest BCUT2D eigenvalue weighted by Gasteiger charge is -2.09. The molecule has 2 aromatic rings. The smallest absolute Gasteiger partial charge is 0.186 e. The van der Waals surface area contributed by atoms with Gasteiger partial charge in [-0.05, 0) is 31.4 Å². The number of benzene rings is 1. The summed E-state index contributed by atoms with van der Waals surface area (Å²) in [5.74, 6) is 0.307. The highest BCUT2D eigenvalue weighted by Gasteiger charge is 2.05. The second-order valence-corrected chi connectivity index (χ2v) is 4.15. The largest absolute Gasteiger partial charge is 0.478 e. The van der Waals surface area contributed by atoms with Gasteiger partial charge in [-0.1, -0.05) is 18.2 Å². The van der Waals surface area contributed by atoms with E-state index in [0.29, 0.717) is 12.3 Å². The highest BCUT2D eigenvalue weighted by atomic mass is 16.5. The Morgan fingerprint density at radius 3 is 2.81 bits per heavy atom. The zero-order chi connectivity index (χ0) is 11.5. The van der Waals surface area contributed by atoms with Gasteiger partial charge in [-0.3, -0.25) is 5.41 Å². The molecule has 0 spiro atoms. The van der Waals surface area contributed by atoms with E-state index in [1.807, 2.05) is 32.0 Å². The number of ether oxygens (including phenoxy) is 1. The Kier molecular flexibility index (Phi) is 2.95. The maximum atomic E-state index is 7.69. The van der Waals surface area contributed by atoms with Crippen LogP contribution in [0.1, 0.15) is 19.5 Å². The molecule has 1 heterocycles. The molecule has 1 aromatic heterocycles. The number of aromatic amines is 1. The van der Waals surface area contributed by atoms with Crippen LogP contribution < -0.4 is 0 Å². The number of hydrogen-bond donors (Lipinski definition) is 2. The van der Waals surface area contributed by atoms with Crippen LogP contribution in [-0.4, -0.2) is 17.0 Å². The summed E-state index contributed by atoms with van der Waals surface area (Å²) in [6.07, 6.45) is 0.587. The van der Waals surface area contributed by atoms with Crippen LogP contribution in [0.4, 0.5) is 0 Å². The molecule has 1 aromatic carbocycles. The first-order chi connectivity index (χ1) is 7.65. The van der Waals surface area contributed by atoms with Gasteiger partial charge in [0, 0.05) is 11.2 Å². The van der Waals surface area contributed by atoms with Gasteiger partial charge in [-0.15, -0.1) is 0 Å². The highest BCUT2D eigenvalue weighted by molar-refractivity contribution is 5.83. The maximum absolute atomic E-state index is 7.69. The van der Waals surface area contributed by atoms with E-state index in [1.165, 1.54) is 5.39 Å². The van der Waals surface area contributed by atoms with E-state index in [1.54, 1.807) is 0 Å². The predicted octanol–water partition coefficient (Wildman–Crippen LogP) is 3.11. The lowest BCUT2D eigenvalue weighted by atomic mass is 10.2. The predicted molar refractivity (Wildman–Crippen MR) is 66.0 cm³/mol. The summed E-state index contributed by atoms with van der Waals surface area (Å²) < 4.78 is 5.31. The number of H-pyrrole nitrogens is 1. The quantitative estimate of drug-likeness (QED) is 0.601. The topological polar surface area (TPSA) is 48.9 Å². The lowest BCUT2D eigenvalue weighted by molar-refractivity contribution is 0.221. The van der Waals surface area contributed by atoms with Crippen molar-refractivity contribution in [1.82, 2.24) is 4.98 Å². The maximum Gasteiger partial charge on any atom is 0.186 e. The standard InChI is InChI=1S/C13H16N2O/c1-9(2)16-13(14)8-11-7-10-5-3-4-6-12(10)15-11/h3-7,9,14-15H,8H2,1-2H3. The summed E-state index contributed by atoms with van der Waals surface area (Å²) >= 11 is 0. The molecule has 0 atom stereocenters. The van der Waals surface area contributed by atoms with Gasteiger partial charge >= 0.3 is 0 Å². The van der Waals surface area contributed by atoms with Crippen molar-refractivity contribution in [2.24, 2.45) is 0 Å². The Labute approximate surface area is 94.9 Å². The van der Waals surface area contributed by atoms with Crippen LogP contribution in [0, 0.1) is 5.41 Å². The molecule has 3 nitrogen and oxygen atoms in total. The molecule has 3 heteroatoms. The Bertz CT molecular complexity index is 466. The van der Waals surface area contributed by atoms with Crippen molar-refractivity contribution >= 4 is 16.8 Å². The van der Waals surface area contributed by atoms with Crippen molar-refractivity contribution < 1.29 is 4.74 Å².